The smallest absolute Gasteiger partial charge is 0.321 e. The maximum Gasteiger partial charge on any atom is 0.321 e. The van der Waals surface area contributed by atoms with E-state index in [4.69, 9.17) is 15.2 Å². The molecule has 1 atom stereocenters. The Kier molecular flexibility index (Phi) is 10.1. The highest BCUT2D eigenvalue weighted by Crippen LogP contribution is 2.31. The van der Waals surface area contributed by atoms with Crippen LogP contribution >= 0.6 is 0 Å². The highest BCUT2D eigenvalue weighted by atomic mass is 16.5. The Bertz CT molecular complexity index is 994. The van der Waals surface area contributed by atoms with Crippen molar-refractivity contribution in [3.05, 3.63) is 23.8 Å². The number of fused-ring (bicyclic) bond motifs is 1. The molecule has 2 heterocycles. The minimum atomic E-state index is -0.818. The van der Waals surface area contributed by atoms with Crippen molar-refractivity contribution in [2.75, 3.05) is 46.5 Å². The van der Waals surface area contributed by atoms with Gasteiger partial charge in [0, 0.05) is 44.7 Å². The predicted molar refractivity (Wildman–Crippen MR) is 139 cm³/mol. The number of urea groups is 1. The van der Waals surface area contributed by atoms with Crippen LogP contribution in [-0.2, 0) is 20.9 Å². The number of nitrogens with zero attached hydrogens (tertiary/aromatic N) is 4. The van der Waals surface area contributed by atoms with Gasteiger partial charge in [-0.05, 0) is 45.4 Å². The van der Waals surface area contributed by atoms with Crippen molar-refractivity contribution in [3.63, 3.8) is 0 Å². The SMILES string of the molecule is CCN(C)C(=O)CCCOc1ccc2c(c1)CN(C(C(N)=O)N1CCOCC1)C(NC(=O)NC(C)C)=N2. The van der Waals surface area contributed by atoms with Crippen LogP contribution < -0.4 is 21.1 Å². The summed E-state index contributed by atoms with van der Waals surface area (Å²) in [6.07, 6.45) is 0.201. The monoisotopic (exact) mass is 517 g/mol. The van der Waals surface area contributed by atoms with Gasteiger partial charge in [0.2, 0.25) is 11.9 Å². The second kappa shape index (κ2) is 13.2. The van der Waals surface area contributed by atoms with Gasteiger partial charge in [-0.25, -0.2) is 9.79 Å². The number of carbonyl (C=O) groups excluding carboxylic acids is 3. The number of amides is 4. The summed E-state index contributed by atoms with van der Waals surface area (Å²) in [6, 6.07) is 4.99. The molecule has 1 aromatic rings. The molecule has 0 saturated carbocycles. The molecular weight excluding hydrogens is 478 g/mol. The zero-order valence-corrected chi connectivity index (χ0v) is 22.2. The molecule has 1 saturated heterocycles. The molecule has 204 valence electrons. The van der Waals surface area contributed by atoms with Crippen molar-refractivity contribution < 1.29 is 23.9 Å². The molecule has 1 unspecified atom stereocenters. The maximum absolute atomic E-state index is 12.6. The van der Waals surface area contributed by atoms with Crippen molar-refractivity contribution in [1.82, 2.24) is 25.3 Å². The molecule has 0 aromatic heterocycles. The molecule has 4 amide bonds. The number of guanidine groups is 1. The van der Waals surface area contributed by atoms with Crippen LogP contribution in [0.4, 0.5) is 10.5 Å². The zero-order valence-electron chi connectivity index (χ0n) is 22.2. The van der Waals surface area contributed by atoms with Crippen LogP contribution in [0.5, 0.6) is 5.75 Å². The number of nitrogens with one attached hydrogen (secondary N) is 2. The summed E-state index contributed by atoms with van der Waals surface area (Å²) in [4.78, 5) is 47.2. The van der Waals surface area contributed by atoms with Crippen LogP contribution in [0, 0.1) is 0 Å². The third-order valence-corrected chi connectivity index (χ3v) is 6.18. The van der Waals surface area contributed by atoms with Crippen LogP contribution in [0.1, 0.15) is 39.2 Å². The van der Waals surface area contributed by atoms with Crippen molar-refractivity contribution in [1.29, 1.82) is 0 Å². The van der Waals surface area contributed by atoms with Crippen molar-refractivity contribution >= 4 is 29.5 Å². The number of nitrogens with two attached hydrogens (primary N) is 1. The molecule has 0 bridgehead atoms. The third-order valence-electron chi connectivity index (χ3n) is 6.18. The van der Waals surface area contributed by atoms with Crippen molar-refractivity contribution in [2.24, 2.45) is 10.7 Å². The Balaban J connectivity index is 1.79. The molecule has 0 spiro atoms. The quantitative estimate of drug-likeness (QED) is 0.393. The number of morpholine rings is 1. The second-order valence-corrected chi connectivity index (χ2v) is 9.39. The maximum atomic E-state index is 12.6. The summed E-state index contributed by atoms with van der Waals surface area (Å²) < 4.78 is 11.3. The minimum Gasteiger partial charge on any atom is -0.494 e. The van der Waals surface area contributed by atoms with Crippen molar-refractivity contribution in [2.45, 2.75) is 52.4 Å². The van der Waals surface area contributed by atoms with Crippen LogP contribution in [0.2, 0.25) is 0 Å². The van der Waals surface area contributed by atoms with E-state index < -0.39 is 18.1 Å². The predicted octanol–water partition coefficient (Wildman–Crippen LogP) is 0.978. The molecule has 0 aliphatic carbocycles. The normalized spacial score (nSPS) is 16.5. The Morgan fingerprint density at radius 3 is 2.62 bits per heavy atom. The number of hydrogen-bond acceptors (Lipinski definition) is 8. The lowest BCUT2D eigenvalue weighted by Gasteiger charge is -2.42. The van der Waals surface area contributed by atoms with E-state index in [1.54, 1.807) is 22.9 Å². The van der Waals surface area contributed by atoms with E-state index in [-0.39, 0.29) is 24.5 Å². The van der Waals surface area contributed by atoms with Crippen LogP contribution in [0.3, 0.4) is 0 Å². The Labute approximate surface area is 218 Å². The largest absolute Gasteiger partial charge is 0.494 e. The number of primary amides is 1. The van der Waals surface area contributed by atoms with Gasteiger partial charge in [-0.1, -0.05) is 0 Å². The molecule has 4 N–H and O–H groups in total. The molecular formula is C25H39N7O5. The van der Waals surface area contributed by atoms with E-state index >= 15 is 0 Å². The van der Waals surface area contributed by atoms with Gasteiger partial charge in [-0.3, -0.25) is 19.8 Å². The lowest BCUT2D eigenvalue weighted by Crippen LogP contribution is -2.63. The molecule has 12 heteroatoms. The highest BCUT2D eigenvalue weighted by Gasteiger charge is 2.36. The summed E-state index contributed by atoms with van der Waals surface area (Å²) in [5, 5.41) is 5.57. The van der Waals surface area contributed by atoms with Gasteiger partial charge in [-0.15, -0.1) is 0 Å². The topological polar surface area (TPSA) is 142 Å². The molecule has 3 rings (SSSR count). The van der Waals surface area contributed by atoms with E-state index in [9.17, 15) is 14.4 Å². The van der Waals surface area contributed by atoms with Gasteiger partial charge >= 0.3 is 6.03 Å². The average Bonchev–Trinajstić information content (AvgIpc) is 2.86. The first-order chi connectivity index (χ1) is 17.7. The zero-order chi connectivity index (χ0) is 26.9. The first-order valence-electron chi connectivity index (χ1n) is 12.7. The molecule has 1 aromatic carbocycles. The van der Waals surface area contributed by atoms with Gasteiger partial charge in [0.05, 0.1) is 32.1 Å². The van der Waals surface area contributed by atoms with Gasteiger partial charge in [-0.2, -0.15) is 0 Å². The minimum absolute atomic E-state index is 0.0755. The first kappa shape index (κ1) is 28.2. The van der Waals surface area contributed by atoms with Crippen molar-refractivity contribution in [3.8, 4) is 5.75 Å². The van der Waals surface area contributed by atoms with Gasteiger partial charge in [0.25, 0.3) is 5.91 Å². The van der Waals surface area contributed by atoms with Crippen LogP contribution in [0.25, 0.3) is 0 Å². The fourth-order valence-electron chi connectivity index (χ4n) is 4.16. The number of carbonyl (C=O) groups is 3. The standard InChI is InChI=1S/C25H39N7O5/c1-5-30(4)21(33)7-6-12-37-19-8-9-20-18(15-19)16-32(24(28-20)29-25(35)27-17(2)3)23(22(26)34)31-10-13-36-14-11-31/h8-9,15,17,23H,5-7,10-14,16H2,1-4H3,(H2,26,34)(H2,27,28,29,35). The molecule has 37 heavy (non-hydrogen) atoms. The number of benzene rings is 1. The van der Waals surface area contributed by atoms with E-state index in [0.29, 0.717) is 63.7 Å². The average molecular weight is 518 g/mol. The molecule has 2 aliphatic heterocycles. The fraction of sp³-hybridized carbons (Fsp3) is 0.600. The molecule has 1 fully saturated rings. The number of rotatable bonds is 10. The van der Waals surface area contributed by atoms with Gasteiger partial charge in [0.1, 0.15) is 5.75 Å². The van der Waals surface area contributed by atoms with Gasteiger partial charge < -0.3 is 30.3 Å². The lowest BCUT2D eigenvalue weighted by molar-refractivity contribution is -0.131. The summed E-state index contributed by atoms with van der Waals surface area (Å²) >= 11 is 0. The Hall–Kier alpha value is -3.38. The van der Waals surface area contributed by atoms with Gasteiger partial charge in [0.15, 0.2) is 6.17 Å². The summed E-state index contributed by atoms with van der Waals surface area (Å²) in [5.41, 5.74) is 7.34. The molecule has 12 nitrogen and oxygen atoms in total. The molecule has 0 radical (unpaired) electrons. The number of hydrogen-bond donors (Lipinski definition) is 3. The summed E-state index contributed by atoms with van der Waals surface area (Å²) in [7, 11) is 1.78. The van der Waals surface area contributed by atoms with E-state index in [1.807, 2.05) is 37.8 Å². The van der Waals surface area contributed by atoms with E-state index in [1.165, 1.54) is 0 Å². The molecule has 2 aliphatic rings. The highest BCUT2D eigenvalue weighted by molar-refractivity contribution is 6.00. The summed E-state index contributed by atoms with van der Waals surface area (Å²) in [5.74, 6) is 0.427. The lowest BCUT2D eigenvalue weighted by atomic mass is 10.1. The van der Waals surface area contributed by atoms with E-state index in [2.05, 4.69) is 15.6 Å². The summed E-state index contributed by atoms with van der Waals surface area (Å²) in [6.45, 7) is 9.03. The number of aliphatic imine (C=N–C) groups is 1. The second-order valence-electron chi connectivity index (χ2n) is 9.39. The number of ether oxygens (including phenoxy) is 2. The van der Waals surface area contributed by atoms with Crippen LogP contribution in [-0.4, -0.2) is 97.2 Å². The Morgan fingerprint density at radius 1 is 1.24 bits per heavy atom. The Morgan fingerprint density at radius 2 is 1.97 bits per heavy atom. The third kappa shape index (κ3) is 7.80. The van der Waals surface area contributed by atoms with E-state index in [0.717, 1.165) is 5.56 Å². The first-order valence-corrected chi connectivity index (χ1v) is 12.7. The van der Waals surface area contributed by atoms with Crippen LogP contribution in [0.15, 0.2) is 23.2 Å². The fourth-order valence-corrected chi connectivity index (χ4v) is 4.16.